The number of aromatic nitrogens is 3. The number of nitrogen functional groups attached to an aromatic ring is 2. The number of thioether (sulfide) groups is 1. The third kappa shape index (κ3) is 6.63. The Balaban J connectivity index is 1.69. The van der Waals surface area contributed by atoms with E-state index >= 15 is 0 Å². The number of nitrogens with zero attached hydrogens (tertiary/aromatic N) is 2. The molecule has 8 N–H and O–H groups in total. The number of carbonyl (C=O) groups excluding carboxylic acids is 1. The van der Waals surface area contributed by atoms with Gasteiger partial charge in [-0.3, -0.25) is 9.59 Å². The number of amides is 1. The second kappa shape index (κ2) is 11.6. The maximum atomic E-state index is 12.5. The number of aromatic amines is 1. The summed E-state index contributed by atoms with van der Waals surface area (Å²) >= 11 is 1.71. The topological polar surface area (TPSA) is 197 Å². The van der Waals surface area contributed by atoms with Gasteiger partial charge in [-0.2, -0.15) is 21.7 Å². The molecule has 11 nitrogen and oxygen atoms in total. The first-order chi connectivity index (χ1) is 16.7. The van der Waals surface area contributed by atoms with Gasteiger partial charge in [0.2, 0.25) is 5.95 Å². The number of H-pyrrole nitrogens is 1. The molecule has 2 atom stereocenters. The number of anilines is 2. The van der Waals surface area contributed by atoms with Crippen LogP contribution >= 0.6 is 11.8 Å². The number of carboxylic acids is 2. The Labute approximate surface area is 205 Å². The molecule has 1 unspecified atom stereocenters. The summed E-state index contributed by atoms with van der Waals surface area (Å²) in [7, 11) is 0. The molecule has 3 rings (SSSR count). The summed E-state index contributed by atoms with van der Waals surface area (Å²) < 4.78 is 0. The van der Waals surface area contributed by atoms with E-state index in [9.17, 15) is 19.5 Å². The summed E-state index contributed by atoms with van der Waals surface area (Å²) in [5.41, 5.74) is 14.7. The van der Waals surface area contributed by atoms with Gasteiger partial charge in [0, 0.05) is 18.2 Å². The zero-order chi connectivity index (χ0) is 25.5. The molecule has 12 heteroatoms. The molecule has 186 valence electrons. The van der Waals surface area contributed by atoms with Crippen LogP contribution in [0.5, 0.6) is 0 Å². The predicted octanol–water partition coefficient (Wildman–Crippen LogP) is 2.25. The molecule has 1 aromatic carbocycles. The second-order valence-electron chi connectivity index (χ2n) is 8.11. The normalized spacial score (nSPS) is 12.8. The van der Waals surface area contributed by atoms with Crippen molar-refractivity contribution >= 4 is 52.4 Å². The van der Waals surface area contributed by atoms with Crippen molar-refractivity contribution in [3.63, 3.8) is 0 Å². The monoisotopic (exact) mass is 500 g/mol. The highest BCUT2D eigenvalue weighted by atomic mass is 32.2. The SMILES string of the molecule is CSCC(CCc1c[nH]c2nc(N)nc(N)c12)c1ccc(C(=O)N[C@@H](CCC(=O)O)C(=O)O)cc1. The van der Waals surface area contributed by atoms with Gasteiger partial charge in [0.05, 0.1) is 5.39 Å². The zero-order valence-electron chi connectivity index (χ0n) is 19.2. The van der Waals surface area contributed by atoms with Gasteiger partial charge >= 0.3 is 11.9 Å². The Morgan fingerprint density at radius 2 is 1.83 bits per heavy atom. The number of fused-ring (bicyclic) bond motifs is 1. The lowest BCUT2D eigenvalue weighted by Gasteiger charge is -2.17. The second-order valence-corrected chi connectivity index (χ2v) is 9.02. The van der Waals surface area contributed by atoms with Gasteiger partial charge in [-0.1, -0.05) is 12.1 Å². The fourth-order valence-corrected chi connectivity index (χ4v) is 4.65. The molecule has 2 aromatic heterocycles. The molecule has 0 fully saturated rings. The highest BCUT2D eigenvalue weighted by molar-refractivity contribution is 7.98. The first-order valence-corrected chi connectivity index (χ1v) is 12.3. The third-order valence-corrected chi connectivity index (χ3v) is 6.42. The molecule has 0 spiro atoms. The van der Waals surface area contributed by atoms with E-state index in [4.69, 9.17) is 16.6 Å². The van der Waals surface area contributed by atoms with Crippen LogP contribution < -0.4 is 16.8 Å². The molecule has 0 bridgehead atoms. The smallest absolute Gasteiger partial charge is 0.326 e. The minimum Gasteiger partial charge on any atom is -0.481 e. The lowest BCUT2D eigenvalue weighted by molar-refractivity contribution is -0.140. The number of aryl methyl sites for hydroxylation is 1. The van der Waals surface area contributed by atoms with E-state index in [1.807, 2.05) is 24.6 Å². The average molecular weight is 501 g/mol. The number of hydrogen-bond donors (Lipinski definition) is 6. The predicted molar refractivity (Wildman–Crippen MR) is 134 cm³/mol. The first kappa shape index (κ1) is 25.8. The summed E-state index contributed by atoms with van der Waals surface area (Å²) in [5, 5.41) is 21.2. The van der Waals surface area contributed by atoms with Gasteiger partial charge < -0.3 is 32.0 Å². The van der Waals surface area contributed by atoms with Gasteiger partial charge in [0.15, 0.2) is 0 Å². The molecular weight excluding hydrogens is 472 g/mol. The standard InChI is InChI=1S/C23H28N6O5S/c1-35-11-15(7-6-14-10-26-20-18(14)19(24)28-23(25)29-20)12-2-4-13(5-3-12)21(32)27-16(22(33)34)8-9-17(30)31/h2-5,10,15-16H,6-9,11H2,1H3,(H,27,32)(H,30,31)(H,33,34)(H5,24,25,26,28,29)/t15?,16-/m0/s1. The molecule has 0 aliphatic heterocycles. The van der Waals surface area contributed by atoms with Crippen LogP contribution in [0.4, 0.5) is 11.8 Å². The number of rotatable bonds is 12. The Hall–Kier alpha value is -3.80. The lowest BCUT2D eigenvalue weighted by Crippen LogP contribution is -2.41. The number of benzene rings is 1. The summed E-state index contributed by atoms with van der Waals surface area (Å²) in [6.07, 6.45) is 4.89. The van der Waals surface area contributed by atoms with E-state index in [0.29, 0.717) is 17.0 Å². The summed E-state index contributed by atoms with van der Waals surface area (Å²) in [4.78, 5) is 45.9. The number of nitrogens with one attached hydrogen (secondary N) is 2. The first-order valence-electron chi connectivity index (χ1n) is 10.9. The number of aliphatic carboxylic acids is 2. The largest absolute Gasteiger partial charge is 0.481 e. The van der Waals surface area contributed by atoms with Crippen molar-refractivity contribution in [1.29, 1.82) is 0 Å². The van der Waals surface area contributed by atoms with Crippen molar-refractivity contribution in [2.45, 2.75) is 37.6 Å². The van der Waals surface area contributed by atoms with Crippen LogP contribution in [-0.4, -0.2) is 61.1 Å². The van der Waals surface area contributed by atoms with E-state index in [0.717, 1.165) is 35.1 Å². The van der Waals surface area contributed by atoms with Crippen molar-refractivity contribution in [3.8, 4) is 0 Å². The number of nitrogens with two attached hydrogens (primary N) is 2. The molecule has 2 heterocycles. The minimum atomic E-state index is -1.28. The maximum Gasteiger partial charge on any atom is 0.326 e. The third-order valence-electron chi connectivity index (χ3n) is 5.68. The van der Waals surface area contributed by atoms with E-state index in [1.165, 1.54) is 0 Å². The van der Waals surface area contributed by atoms with Crippen LogP contribution in [0.1, 0.15) is 46.7 Å². The van der Waals surface area contributed by atoms with Crippen LogP contribution in [0.15, 0.2) is 30.5 Å². The Kier molecular flexibility index (Phi) is 8.53. The Morgan fingerprint density at radius 1 is 1.11 bits per heavy atom. The molecular formula is C23H28N6O5S. The fourth-order valence-electron chi connectivity index (χ4n) is 3.89. The Morgan fingerprint density at radius 3 is 2.46 bits per heavy atom. The zero-order valence-corrected chi connectivity index (χ0v) is 20.0. The van der Waals surface area contributed by atoms with Gasteiger partial charge in [-0.25, -0.2) is 4.79 Å². The van der Waals surface area contributed by atoms with E-state index in [1.54, 1.807) is 23.9 Å². The maximum absolute atomic E-state index is 12.5. The van der Waals surface area contributed by atoms with E-state index in [-0.39, 0.29) is 24.7 Å². The number of carbonyl (C=O) groups is 3. The van der Waals surface area contributed by atoms with Gasteiger partial charge in [-0.05, 0) is 60.4 Å². The molecule has 35 heavy (non-hydrogen) atoms. The summed E-state index contributed by atoms with van der Waals surface area (Å²) in [5.74, 6) is -1.45. The lowest BCUT2D eigenvalue weighted by atomic mass is 9.93. The van der Waals surface area contributed by atoms with Gasteiger partial charge in [0.1, 0.15) is 17.5 Å². The Bertz CT molecular complexity index is 1210. The van der Waals surface area contributed by atoms with Crippen molar-refractivity contribution in [2.75, 3.05) is 23.5 Å². The average Bonchev–Trinajstić information content (AvgIpc) is 3.22. The molecule has 0 saturated heterocycles. The quantitative estimate of drug-likeness (QED) is 0.214. The molecule has 0 aliphatic rings. The molecule has 0 radical (unpaired) electrons. The van der Waals surface area contributed by atoms with Crippen LogP contribution in [0.25, 0.3) is 11.0 Å². The minimum absolute atomic E-state index is 0.115. The van der Waals surface area contributed by atoms with Crippen LogP contribution in [0.2, 0.25) is 0 Å². The molecule has 3 aromatic rings. The number of carboxylic acid groups (broad SMARTS) is 2. The van der Waals surface area contributed by atoms with Gasteiger partial charge in [0.25, 0.3) is 5.91 Å². The highest BCUT2D eigenvalue weighted by Crippen LogP contribution is 2.29. The van der Waals surface area contributed by atoms with Crippen molar-refractivity contribution in [2.24, 2.45) is 0 Å². The molecule has 1 amide bonds. The van der Waals surface area contributed by atoms with Crippen LogP contribution in [0, 0.1) is 0 Å². The fraction of sp³-hybridized carbons (Fsp3) is 0.348. The van der Waals surface area contributed by atoms with Crippen molar-refractivity contribution in [1.82, 2.24) is 20.3 Å². The van der Waals surface area contributed by atoms with E-state index < -0.39 is 23.9 Å². The van der Waals surface area contributed by atoms with E-state index in [2.05, 4.69) is 20.3 Å². The summed E-state index contributed by atoms with van der Waals surface area (Å²) in [6.45, 7) is 0. The summed E-state index contributed by atoms with van der Waals surface area (Å²) in [6, 6.07) is 5.74. The molecule has 0 saturated carbocycles. The highest BCUT2D eigenvalue weighted by Gasteiger charge is 2.22. The number of hydrogen-bond acceptors (Lipinski definition) is 8. The van der Waals surface area contributed by atoms with Crippen molar-refractivity contribution < 1.29 is 24.6 Å². The van der Waals surface area contributed by atoms with Crippen LogP contribution in [-0.2, 0) is 16.0 Å². The molecule has 0 aliphatic carbocycles. The van der Waals surface area contributed by atoms with Crippen molar-refractivity contribution in [3.05, 3.63) is 47.2 Å². The van der Waals surface area contributed by atoms with Crippen LogP contribution in [0.3, 0.4) is 0 Å². The van der Waals surface area contributed by atoms with Gasteiger partial charge in [-0.15, -0.1) is 0 Å².